The highest BCUT2D eigenvalue weighted by Gasteiger charge is 2.45. The average Bonchev–Trinajstić information content (AvgIpc) is 2.66. The standard InChI is InChI=1S/C19H15BrN4O2S/c1-11(25)23-15-10-6-4-8-13(15)16-17(26)21-19(27-2)22-24(16)18(23)12-7-3-5-9-14(12)20/h3-10,18H,1-2H3/p+1/t18-/m0/s1. The molecular formula is C19H16BrN4O2S+. The lowest BCUT2D eigenvalue weighted by Gasteiger charge is -2.31. The van der Waals surface area contributed by atoms with Crippen LogP contribution in [0, 0.1) is 0 Å². The second-order valence-corrected chi connectivity index (χ2v) is 7.71. The van der Waals surface area contributed by atoms with Crippen molar-refractivity contribution in [3.63, 3.8) is 0 Å². The molecular weight excluding hydrogens is 428 g/mol. The molecule has 27 heavy (non-hydrogen) atoms. The minimum Gasteiger partial charge on any atom is -0.291 e. The fourth-order valence-corrected chi connectivity index (χ4v) is 4.22. The number of benzene rings is 2. The zero-order valence-electron chi connectivity index (χ0n) is 14.6. The molecule has 0 bridgehead atoms. The van der Waals surface area contributed by atoms with Crippen molar-refractivity contribution in [2.45, 2.75) is 18.2 Å². The van der Waals surface area contributed by atoms with Crippen molar-refractivity contribution in [2.24, 2.45) is 0 Å². The topological polar surface area (TPSA) is 69.9 Å². The summed E-state index contributed by atoms with van der Waals surface area (Å²) in [6, 6.07) is 15.1. The summed E-state index contributed by atoms with van der Waals surface area (Å²) in [5, 5.41) is 5.12. The second kappa shape index (κ2) is 6.94. The van der Waals surface area contributed by atoms with E-state index in [1.165, 1.54) is 18.7 Å². The number of nitrogens with zero attached hydrogens (tertiary/aromatic N) is 3. The molecule has 0 radical (unpaired) electrons. The minimum absolute atomic E-state index is 0.130. The number of fused-ring (bicyclic) bond motifs is 3. The van der Waals surface area contributed by atoms with E-state index < -0.39 is 6.17 Å². The van der Waals surface area contributed by atoms with E-state index in [9.17, 15) is 9.59 Å². The van der Waals surface area contributed by atoms with Crippen LogP contribution in [0.5, 0.6) is 0 Å². The molecule has 0 saturated heterocycles. The molecule has 1 aliphatic rings. The van der Waals surface area contributed by atoms with Gasteiger partial charge in [-0.05, 0) is 35.2 Å². The lowest BCUT2D eigenvalue weighted by Crippen LogP contribution is -2.60. The largest absolute Gasteiger partial charge is 0.325 e. The van der Waals surface area contributed by atoms with Crippen LogP contribution in [0.2, 0.25) is 0 Å². The first-order valence-electron chi connectivity index (χ1n) is 8.26. The normalized spacial score (nSPS) is 15.2. The van der Waals surface area contributed by atoms with E-state index in [2.05, 4.69) is 26.0 Å². The van der Waals surface area contributed by atoms with Crippen LogP contribution in [0.1, 0.15) is 18.7 Å². The summed E-state index contributed by atoms with van der Waals surface area (Å²) >= 11 is 4.93. The number of hydrogen-bond donors (Lipinski definition) is 1. The van der Waals surface area contributed by atoms with E-state index in [1.807, 2.05) is 54.8 Å². The molecule has 0 fully saturated rings. The molecule has 1 atom stereocenters. The van der Waals surface area contributed by atoms with Gasteiger partial charge in [-0.2, -0.15) is 0 Å². The van der Waals surface area contributed by atoms with Gasteiger partial charge in [-0.25, -0.2) is 4.90 Å². The third-order valence-electron chi connectivity index (χ3n) is 4.47. The lowest BCUT2D eigenvalue weighted by molar-refractivity contribution is -0.763. The number of H-pyrrole nitrogens is 1. The maximum Gasteiger partial charge on any atom is 0.325 e. The highest BCUT2D eigenvalue weighted by molar-refractivity contribution is 9.10. The van der Waals surface area contributed by atoms with Crippen LogP contribution in [0.4, 0.5) is 5.69 Å². The van der Waals surface area contributed by atoms with Crippen molar-refractivity contribution in [3.05, 3.63) is 68.9 Å². The predicted octanol–water partition coefficient (Wildman–Crippen LogP) is 3.12. The average molecular weight is 444 g/mol. The van der Waals surface area contributed by atoms with Gasteiger partial charge in [0, 0.05) is 16.5 Å². The maximum absolute atomic E-state index is 12.9. The molecule has 0 spiro atoms. The quantitative estimate of drug-likeness (QED) is 0.487. The van der Waals surface area contributed by atoms with E-state index in [0.717, 1.165) is 10.0 Å². The Labute approximate surface area is 168 Å². The van der Waals surface area contributed by atoms with Gasteiger partial charge in [0.1, 0.15) is 0 Å². The number of carbonyl (C=O) groups is 1. The molecule has 6 nitrogen and oxygen atoms in total. The first-order chi connectivity index (χ1) is 13.0. The Morgan fingerprint density at radius 2 is 1.93 bits per heavy atom. The van der Waals surface area contributed by atoms with Gasteiger partial charge < -0.3 is 0 Å². The maximum atomic E-state index is 12.9. The van der Waals surface area contributed by atoms with Crippen molar-refractivity contribution in [2.75, 3.05) is 11.2 Å². The fraction of sp³-hybridized carbons (Fsp3) is 0.158. The van der Waals surface area contributed by atoms with Gasteiger partial charge in [-0.3, -0.25) is 14.6 Å². The van der Waals surface area contributed by atoms with Crippen LogP contribution < -0.4 is 15.1 Å². The van der Waals surface area contributed by atoms with E-state index >= 15 is 0 Å². The molecule has 2 heterocycles. The zero-order valence-corrected chi connectivity index (χ0v) is 17.0. The molecule has 136 valence electrons. The van der Waals surface area contributed by atoms with Crippen molar-refractivity contribution in [3.8, 4) is 11.3 Å². The number of aromatic amines is 1. The van der Waals surface area contributed by atoms with Gasteiger partial charge >= 0.3 is 11.3 Å². The van der Waals surface area contributed by atoms with Crippen LogP contribution in [0.15, 0.2) is 63.0 Å². The molecule has 1 aromatic heterocycles. The number of thioether (sulfide) groups is 1. The van der Waals surface area contributed by atoms with Crippen LogP contribution in [0.3, 0.4) is 0 Å². The van der Waals surface area contributed by atoms with Crippen molar-refractivity contribution in [1.82, 2.24) is 10.1 Å². The zero-order chi connectivity index (χ0) is 19.1. The molecule has 1 N–H and O–H groups in total. The SMILES string of the molecule is CSc1n[n+]2c(c(=O)[nH]1)-c1ccccc1N(C(C)=O)[C@@H]2c1ccccc1Br. The fourth-order valence-electron chi connectivity index (χ4n) is 3.37. The molecule has 1 aliphatic heterocycles. The Balaban J connectivity index is 2.12. The first kappa shape index (κ1) is 17.9. The molecule has 0 unspecified atom stereocenters. The number of nitrogens with one attached hydrogen (secondary N) is 1. The van der Waals surface area contributed by atoms with E-state index in [0.29, 0.717) is 22.1 Å². The van der Waals surface area contributed by atoms with Crippen molar-refractivity contribution >= 4 is 39.3 Å². The number of carbonyl (C=O) groups excluding carboxylic acids is 1. The summed E-state index contributed by atoms with van der Waals surface area (Å²) in [6.07, 6.45) is 1.27. The third kappa shape index (κ3) is 2.89. The smallest absolute Gasteiger partial charge is 0.291 e. The number of anilines is 1. The number of rotatable bonds is 2. The number of halogens is 1. The molecule has 4 rings (SSSR count). The second-order valence-electron chi connectivity index (χ2n) is 6.06. The number of para-hydroxylation sites is 1. The number of aromatic nitrogens is 3. The summed E-state index contributed by atoms with van der Waals surface area (Å²) in [7, 11) is 0. The molecule has 0 saturated carbocycles. The van der Waals surface area contributed by atoms with E-state index in [4.69, 9.17) is 0 Å². The van der Waals surface area contributed by atoms with E-state index in [1.54, 1.807) is 9.58 Å². The highest BCUT2D eigenvalue weighted by atomic mass is 79.9. The summed E-state index contributed by atoms with van der Waals surface area (Å²) in [6.45, 7) is 1.52. The molecule has 0 aliphatic carbocycles. The molecule has 8 heteroatoms. The van der Waals surface area contributed by atoms with Crippen LogP contribution >= 0.6 is 27.7 Å². The molecule has 2 aromatic carbocycles. The Hall–Kier alpha value is -2.45. The Kier molecular flexibility index (Phi) is 4.61. The predicted molar refractivity (Wildman–Crippen MR) is 108 cm³/mol. The van der Waals surface area contributed by atoms with Crippen molar-refractivity contribution in [1.29, 1.82) is 0 Å². The van der Waals surface area contributed by atoms with Gasteiger partial charge in [0.05, 0.1) is 16.8 Å². The number of hydrogen-bond acceptors (Lipinski definition) is 4. The summed E-state index contributed by atoms with van der Waals surface area (Å²) < 4.78 is 2.49. The first-order valence-corrected chi connectivity index (χ1v) is 10.3. The molecule has 3 aromatic rings. The Morgan fingerprint density at radius 1 is 1.22 bits per heavy atom. The van der Waals surface area contributed by atoms with Crippen LogP contribution in [-0.4, -0.2) is 22.2 Å². The Morgan fingerprint density at radius 3 is 2.63 bits per heavy atom. The van der Waals surface area contributed by atoms with Gasteiger partial charge in [0.15, 0.2) is 0 Å². The van der Waals surface area contributed by atoms with Crippen LogP contribution in [-0.2, 0) is 4.79 Å². The lowest BCUT2D eigenvalue weighted by atomic mass is 10.0. The summed E-state index contributed by atoms with van der Waals surface area (Å²) in [5.74, 6) is -0.130. The summed E-state index contributed by atoms with van der Waals surface area (Å²) in [5.41, 5.74) is 2.41. The molecule has 1 amide bonds. The van der Waals surface area contributed by atoms with Gasteiger partial charge in [-0.15, -0.1) is 0 Å². The minimum atomic E-state index is -0.573. The summed E-state index contributed by atoms with van der Waals surface area (Å²) in [4.78, 5) is 30.1. The van der Waals surface area contributed by atoms with Gasteiger partial charge in [0.2, 0.25) is 11.1 Å². The number of amides is 1. The third-order valence-corrected chi connectivity index (χ3v) is 5.77. The van der Waals surface area contributed by atoms with Crippen LogP contribution in [0.25, 0.3) is 11.3 Å². The van der Waals surface area contributed by atoms with Crippen molar-refractivity contribution < 1.29 is 9.48 Å². The Bertz CT molecular complexity index is 1110. The van der Waals surface area contributed by atoms with Gasteiger partial charge in [0.25, 0.3) is 6.17 Å². The van der Waals surface area contributed by atoms with Gasteiger partial charge in [-0.1, -0.05) is 52.0 Å². The highest BCUT2D eigenvalue weighted by Crippen LogP contribution is 2.38. The monoisotopic (exact) mass is 443 g/mol. The van der Waals surface area contributed by atoms with E-state index in [-0.39, 0.29) is 11.5 Å².